The van der Waals surface area contributed by atoms with Gasteiger partial charge < -0.3 is 20.5 Å². The lowest BCUT2D eigenvalue weighted by molar-refractivity contribution is 0.0997. The monoisotopic (exact) mass is 456 g/mol. The minimum absolute atomic E-state index is 0.215. The topological polar surface area (TPSA) is 80.4 Å². The molecule has 3 amide bonds. The number of anilines is 1. The zero-order valence-corrected chi connectivity index (χ0v) is 19.9. The fourth-order valence-electron chi connectivity index (χ4n) is 3.67. The number of nitrogens with two attached hydrogens (primary N) is 1. The van der Waals surface area contributed by atoms with Gasteiger partial charge in [-0.05, 0) is 37.5 Å². The van der Waals surface area contributed by atoms with E-state index in [1.807, 2.05) is 35.8 Å². The molecule has 2 aromatic rings. The van der Waals surface area contributed by atoms with Crippen molar-refractivity contribution >= 4 is 29.2 Å². The first-order chi connectivity index (χ1) is 15.4. The van der Waals surface area contributed by atoms with Gasteiger partial charge in [0.15, 0.2) is 0 Å². The number of aryl methyl sites for hydroxylation is 1. The van der Waals surface area contributed by atoms with Gasteiger partial charge in [-0.15, -0.1) is 6.58 Å². The van der Waals surface area contributed by atoms with Gasteiger partial charge in [0.2, 0.25) is 0 Å². The van der Waals surface area contributed by atoms with E-state index in [4.69, 9.17) is 17.3 Å². The molecule has 0 unspecified atom stereocenters. The largest absolute Gasteiger partial charge is 0.365 e. The van der Waals surface area contributed by atoms with Gasteiger partial charge in [-0.25, -0.2) is 4.79 Å². The van der Waals surface area contributed by atoms with Gasteiger partial charge in [-0.3, -0.25) is 4.79 Å². The van der Waals surface area contributed by atoms with Crippen molar-refractivity contribution in [2.24, 2.45) is 5.73 Å². The first kappa shape index (κ1) is 25.3. The molecule has 1 aliphatic rings. The predicted molar refractivity (Wildman–Crippen MR) is 132 cm³/mol. The van der Waals surface area contributed by atoms with E-state index in [0.29, 0.717) is 35.8 Å². The second-order valence-electron chi connectivity index (χ2n) is 7.47. The number of amides is 3. The third-order valence-electron chi connectivity index (χ3n) is 5.28. The number of carbonyl (C=O) groups excluding carboxylic acids is 2. The Balaban J connectivity index is 0.000000654. The number of benzene rings is 1. The molecule has 2 heterocycles. The van der Waals surface area contributed by atoms with E-state index in [9.17, 15) is 9.59 Å². The van der Waals surface area contributed by atoms with E-state index >= 15 is 0 Å². The van der Waals surface area contributed by atoms with Crippen LogP contribution in [0.1, 0.15) is 54.5 Å². The van der Waals surface area contributed by atoms with E-state index in [2.05, 4.69) is 37.9 Å². The number of fused-ring (bicyclic) bond motifs is 1. The zero-order valence-electron chi connectivity index (χ0n) is 19.2. The first-order valence-electron chi connectivity index (χ1n) is 10.9. The van der Waals surface area contributed by atoms with Crippen molar-refractivity contribution in [1.82, 2.24) is 9.47 Å². The van der Waals surface area contributed by atoms with Gasteiger partial charge in [0.1, 0.15) is 0 Å². The number of hydrogen-bond acceptors (Lipinski definition) is 2. The molecule has 0 saturated heterocycles. The van der Waals surface area contributed by atoms with Crippen molar-refractivity contribution in [3.8, 4) is 0 Å². The Morgan fingerprint density at radius 3 is 2.59 bits per heavy atom. The molecular weight excluding hydrogens is 424 g/mol. The van der Waals surface area contributed by atoms with Crippen LogP contribution in [0.4, 0.5) is 10.5 Å². The molecule has 0 radical (unpaired) electrons. The number of halogens is 1. The first-order valence-corrected chi connectivity index (χ1v) is 11.3. The van der Waals surface area contributed by atoms with E-state index in [1.54, 1.807) is 11.0 Å². The molecule has 1 aliphatic heterocycles. The highest BCUT2D eigenvalue weighted by Gasteiger charge is 2.30. The molecule has 0 spiro atoms. The van der Waals surface area contributed by atoms with Crippen molar-refractivity contribution in [2.75, 3.05) is 11.9 Å². The summed E-state index contributed by atoms with van der Waals surface area (Å²) in [7, 11) is 0. The second kappa shape index (κ2) is 12.2. The molecule has 3 rings (SSSR count). The van der Waals surface area contributed by atoms with E-state index in [0.717, 1.165) is 29.8 Å². The minimum Gasteiger partial charge on any atom is -0.365 e. The SMILES string of the molecule is C/C=C\CC.C=CCc1c(Cl)c(C(N)=O)c2n1CCN(C(=O)Nc1cccc(CC)c1)C2. The van der Waals surface area contributed by atoms with Crippen LogP contribution in [0.2, 0.25) is 5.02 Å². The van der Waals surface area contributed by atoms with Crippen LogP contribution < -0.4 is 11.1 Å². The number of urea groups is 1. The number of carbonyl (C=O) groups is 2. The molecule has 0 fully saturated rings. The van der Waals surface area contributed by atoms with Crippen LogP contribution in [0, 0.1) is 0 Å². The van der Waals surface area contributed by atoms with Crippen molar-refractivity contribution in [3.63, 3.8) is 0 Å². The molecule has 0 saturated carbocycles. The van der Waals surface area contributed by atoms with Crippen LogP contribution in [0.5, 0.6) is 0 Å². The average molecular weight is 457 g/mol. The summed E-state index contributed by atoms with van der Waals surface area (Å²) in [5.41, 5.74) is 9.22. The maximum absolute atomic E-state index is 12.7. The Morgan fingerprint density at radius 2 is 2.03 bits per heavy atom. The number of primary amides is 1. The van der Waals surface area contributed by atoms with Crippen LogP contribution in [0.15, 0.2) is 49.1 Å². The Morgan fingerprint density at radius 1 is 1.28 bits per heavy atom. The summed E-state index contributed by atoms with van der Waals surface area (Å²) in [5.74, 6) is -0.586. The third kappa shape index (κ3) is 6.04. The summed E-state index contributed by atoms with van der Waals surface area (Å²) >= 11 is 6.40. The summed E-state index contributed by atoms with van der Waals surface area (Å²) in [6.45, 7) is 11.3. The molecule has 172 valence electrons. The Kier molecular flexibility index (Phi) is 9.60. The van der Waals surface area contributed by atoms with Gasteiger partial charge in [-0.1, -0.05) is 55.8 Å². The number of nitrogens with zero attached hydrogens (tertiary/aromatic N) is 2. The lowest BCUT2D eigenvalue weighted by atomic mass is 10.1. The molecular formula is C25H33ClN4O2. The molecule has 1 aromatic heterocycles. The lowest BCUT2D eigenvalue weighted by Crippen LogP contribution is -2.41. The molecule has 0 aliphatic carbocycles. The normalized spacial score (nSPS) is 12.7. The standard InChI is InChI=1S/C20H23ClN4O2.C5H10/c1-3-6-15-18(21)17(19(22)26)16-12-24(9-10-25(15)16)20(27)23-14-8-5-7-13(4-2)11-14;1-3-5-4-2/h3,5,7-8,11H,1,4,6,9-10,12H2,2H3,(H2,22,26)(H,23,27);3,5H,4H2,1-2H3/b;5-3-. The molecule has 3 N–H and O–H groups in total. The maximum Gasteiger partial charge on any atom is 0.322 e. The van der Waals surface area contributed by atoms with E-state index < -0.39 is 5.91 Å². The number of rotatable bonds is 6. The molecule has 7 heteroatoms. The van der Waals surface area contributed by atoms with Crippen LogP contribution in [0.25, 0.3) is 0 Å². The zero-order chi connectivity index (χ0) is 23.7. The number of hydrogen-bond donors (Lipinski definition) is 2. The average Bonchev–Trinajstić information content (AvgIpc) is 3.06. The maximum atomic E-state index is 12.7. The number of nitrogens with one attached hydrogen (secondary N) is 1. The Labute approximate surface area is 195 Å². The van der Waals surface area contributed by atoms with Crippen LogP contribution in [-0.2, 0) is 25.9 Å². The summed E-state index contributed by atoms with van der Waals surface area (Å²) in [4.78, 5) is 26.3. The highest BCUT2D eigenvalue weighted by atomic mass is 35.5. The fourth-order valence-corrected chi connectivity index (χ4v) is 4.05. The Hall–Kier alpha value is -2.99. The van der Waals surface area contributed by atoms with E-state index in [-0.39, 0.29) is 12.6 Å². The number of allylic oxidation sites excluding steroid dienone is 3. The van der Waals surface area contributed by atoms with Crippen LogP contribution >= 0.6 is 11.6 Å². The fraction of sp³-hybridized carbons (Fsp3) is 0.360. The van der Waals surface area contributed by atoms with Crippen LogP contribution in [0.3, 0.4) is 0 Å². The van der Waals surface area contributed by atoms with Gasteiger partial charge in [0.05, 0.1) is 22.8 Å². The summed E-state index contributed by atoms with van der Waals surface area (Å²) in [6.07, 6.45) is 8.51. The summed E-state index contributed by atoms with van der Waals surface area (Å²) < 4.78 is 1.98. The molecule has 32 heavy (non-hydrogen) atoms. The smallest absolute Gasteiger partial charge is 0.322 e. The third-order valence-corrected chi connectivity index (χ3v) is 5.68. The molecule has 6 nitrogen and oxygen atoms in total. The highest BCUT2D eigenvalue weighted by Crippen LogP contribution is 2.32. The minimum atomic E-state index is -0.586. The second-order valence-corrected chi connectivity index (χ2v) is 7.85. The Bertz CT molecular complexity index is 994. The molecule has 0 bridgehead atoms. The predicted octanol–water partition coefficient (Wildman–Crippen LogP) is 5.55. The molecule has 0 atom stereocenters. The van der Waals surface area contributed by atoms with Crippen LogP contribution in [-0.4, -0.2) is 28.0 Å². The van der Waals surface area contributed by atoms with Gasteiger partial charge in [-0.2, -0.15) is 0 Å². The van der Waals surface area contributed by atoms with E-state index in [1.165, 1.54) is 0 Å². The van der Waals surface area contributed by atoms with Gasteiger partial charge >= 0.3 is 6.03 Å². The highest BCUT2D eigenvalue weighted by molar-refractivity contribution is 6.34. The van der Waals surface area contributed by atoms with Crippen molar-refractivity contribution < 1.29 is 9.59 Å². The van der Waals surface area contributed by atoms with Gasteiger partial charge in [0, 0.05) is 30.9 Å². The van der Waals surface area contributed by atoms with Gasteiger partial charge in [0.25, 0.3) is 5.91 Å². The summed E-state index contributed by atoms with van der Waals surface area (Å²) in [6, 6.07) is 7.54. The van der Waals surface area contributed by atoms with Crippen molar-refractivity contribution in [3.05, 3.63) is 76.6 Å². The quantitative estimate of drug-likeness (QED) is 0.558. The number of aromatic nitrogens is 1. The van der Waals surface area contributed by atoms with Crippen molar-refractivity contribution in [2.45, 2.75) is 53.1 Å². The molecule has 1 aromatic carbocycles. The lowest BCUT2D eigenvalue weighted by Gasteiger charge is -2.30. The summed E-state index contributed by atoms with van der Waals surface area (Å²) in [5, 5.41) is 3.28. The van der Waals surface area contributed by atoms with Crippen molar-refractivity contribution in [1.29, 1.82) is 0 Å².